The normalized spacial score (nSPS) is 16.2. The Hall–Kier alpha value is -1.44. The van der Waals surface area contributed by atoms with Crippen LogP contribution in [0.25, 0.3) is 0 Å². The lowest BCUT2D eigenvalue weighted by molar-refractivity contribution is 1.02. The Balaban J connectivity index is 2.08. The first-order valence-electron chi connectivity index (χ1n) is 4.34. The molecule has 0 saturated heterocycles. The van der Waals surface area contributed by atoms with Crippen molar-refractivity contribution >= 4 is 11.9 Å². The van der Waals surface area contributed by atoms with E-state index >= 15 is 0 Å². The van der Waals surface area contributed by atoms with E-state index in [4.69, 9.17) is 0 Å². The molecule has 0 spiro atoms. The largest absolute Gasteiger partial charge is 0.257 e. The minimum Gasteiger partial charge on any atom is -0.257 e. The first-order chi connectivity index (χ1) is 6.34. The summed E-state index contributed by atoms with van der Waals surface area (Å²) in [6.45, 7) is 1.91. The van der Waals surface area contributed by atoms with Gasteiger partial charge in [-0.25, -0.2) is 0 Å². The van der Waals surface area contributed by atoms with Crippen LogP contribution in [0.3, 0.4) is 0 Å². The van der Waals surface area contributed by atoms with E-state index in [2.05, 4.69) is 22.1 Å². The molecular weight excluding hydrogens is 160 g/mol. The molecule has 0 saturated carbocycles. The van der Waals surface area contributed by atoms with Crippen LogP contribution < -0.4 is 0 Å². The molecule has 1 aliphatic rings. The van der Waals surface area contributed by atoms with E-state index in [1.54, 1.807) is 0 Å². The molecule has 1 aromatic carbocycles. The van der Waals surface area contributed by atoms with Crippen LogP contribution in [0.2, 0.25) is 0 Å². The Labute approximate surface area is 78.0 Å². The van der Waals surface area contributed by atoms with Crippen LogP contribution in [-0.4, -0.2) is 11.9 Å². The smallest absolute Gasteiger partial charge is 0.192 e. The molecule has 0 amide bonds. The Kier molecular flexibility index (Phi) is 2.21. The second-order valence-electron chi connectivity index (χ2n) is 3.07. The van der Waals surface area contributed by atoms with Crippen LogP contribution >= 0.6 is 0 Å². The van der Waals surface area contributed by atoms with Gasteiger partial charge in [0.25, 0.3) is 0 Å². The number of aliphatic imine (C=N–C) groups is 2. The summed E-state index contributed by atoms with van der Waals surface area (Å²) in [6, 6.07) is 10.3. The average Bonchev–Trinajstić information content (AvgIpc) is 2.53. The summed E-state index contributed by atoms with van der Waals surface area (Å²) in [5, 5.41) is 0. The van der Waals surface area contributed by atoms with Crippen molar-refractivity contribution in [2.45, 2.75) is 13.3 Å². The van der Waals surface area contributed by atoms with Crippen molar-refractivity contribution in [2.24, 2.45) is 9.98 Å². The van der Waals surface area contributed by atoms with Gasteiger partial charge in [0.2, 0.25) is 0 Å². The molecule has 0 bridgehead atoms. The molecule has 1 radical (unpaired) electrons. The standard InChI is InChI=1S/C11H11N2/c1-9-12-8-11(13-9)7-10-5-3-2-4-6-10/h2-6,8H,7H2,1H3. The predicted octanol–water partition coefficient (Wildman–Crippen LogP) is 2.26. The molecule has 65 valence electrons. The molecule has 0 N–H and O–H groups in total. The van der Waals surface area contributed by atoms with E-state index in [-0.39, 0.29) is 0 Å². The summed E-state index contributed by atoms with van der Waals surface area (Å²) in [5.41, 5.74) is 2.33. The summed E-state index contributed by atoms with van der Waals surface area (Å²) in [7, 11) is 0. The molecule has 0 fully saturated rings. The fourth-order valence-corrected chi connectivity index (χ4v) is 1.32. The first kappa shape index (κ1) is 8.17. The number of hydrogen-bond acceptors (Lipinski definition) is 2. The van der Waals surface area contributed by atoms with Crippen molar-refractivity contribution in [1.29, 1.82) is 0 Å². The van der Waals surface area contributed by atoms with E-state index in [1.807, 2.05) is 31.3 Å². The molecule has 2 rings (SSSR count). The topological polar surface area (TPSA) is 24.7 Å². The SMILES string of the molecule is C[C]1N=CC(Cc2ccccc2)=N1. The molecular formula is C11H11N2. The maximum atomic E-state index is 4.29. The Morgan fingerprint density at radius 3 is 2.54 bits per heavy atom. The Morgan fingerprint density at radius 1 is 1.15 bits per heavy atom. The third-order valence-electron chi connectivity index (χ3n) is 1.93. The molecule has 2 nitrogen and oxygen atoms in total. The van der Waals surface area contributed by atoms with Gasteiger partial charge in [-0.1, -0.05) is 30.3 Å². The summed E-state index contributed by atoms with van der Waals surface area (Å²) in [4.78, 5) is 8.40. The lowest BCUT2D eigenvalue weighted by atomic mass is 10.1. The van der Waals surface area contributed by atoms with Crippen molar-refractivity contribution < 1.29 is 0 Å². The fraction of sp³-hybridized carbons (Fsp3) is 0.182. The van der Waals surface area contributed by atoms with Gasteiger partial charge in [-0.3, -0.25) is 9.98 Å². The molecule has 0 atom stereocenters. The minimum absolute atomic E-state index is 0.853. The highest BCUT2D eigenvalue weighted by atomic mass is 15.0. The maximum Gasteiger partial charge on any atom is 0.192 e. The lowest BCUT2D eigenvalue weighted by Gasteiger charge is -1.97. The predicted molar refractivity (Wildman–Crippen MR) is 55.0 cm³/mol. The highest BCUT2D eigenvalue weighted by Gasteiger charge is 2.07. The molecule has 1 heterocycles. The molecule has 0 unspecified atom stereocenters. The second kappa shape index (κ2) is 3.52. The van der Waals surface area contributed by atoms with Crippen molar-refractivity contribution in [3.8, 4) is 0 Å². The summed E-state index contributed by atoms with van der Waals surface area (Å²) >= 11 is 0. The van der Waals surface area contributed by atoms with Crippen LogP contribution in [-0.2, 0) is 6.42 Å². The zero-order chi connectivity index (χ0) is 9.10. The number of hydrogen-bond donors (Lipinski definition) is 0. The van der Waals surface area contributed by atoms with Gasteiger partial charge < -0.3 is 0 Å². The van der Waals surface area contributed by atoms with Gasteiger partial charge in [-0.2, -0.15) is 0 Å². The Morgan fingerprint density at radius 2 is 1.92 bits per heavy atom. The van der Waals surface area contributed by atoms with Gasteiger partial charge in [-0.15, -0.1) is 0 Å². The van der Waals surface area contributed by atoms with E-state index in [0.29, 0.717) is 0 Å². The summed E-state index contributed by atoms with van der Waals surface area (Å²) < 4.78 is 0. The fourth-order valence-electron chi connectivity index (χ4n) is 1.32. The van der Waals surface area contributed by atoms with Gasteiger partial charge in [0.15, 0.2) is 6.17 Å². The molecule has 1 aliphatic heterocycles. The van der Waals surface area contributed by atoms with Gasteiger partial charge in [0.05, 0.1) is 5.71 Å². The molecule has 13 heavy (non-hydrogen) atoms. The molecule has 2 heteroatoms. The van der Waals surface area contributed by atoms with Crippen LogP contribution in [0.4, 0.5) is 0 Å². The zero-order valence-corrected chi connectivity index (χ0v) is 7.57. The van der Waals surface area contributed by atoms with Crippen LogP contribution in [0.5, 0.6) is 0 Å². The average molecular weight is 171 g/mol. The van der Waals surface area contributed by atoms with Crippen molar-refractivity contribution in [2.75, 3.05) is 0 Å². The van der Waals surface area contributed by atoms with Gasteiger partial charge in [-0.05, 0) is 12.5 Å². The monoisotopic (exact) mass is 171 g/mol. The quantitative estimate of drug-likeness (QED) is 0.652. The third kappa shape index (κ3) is 2.02. The lowest BCUT2D eigenvalue weighted by Crippen LogP contribution is -2.01. The summed E-state index contributed by atoms with van der Waals surface area (Å²) in [5.74, 6) is 0. The number of benzene rings is 1. The van der Waals surface area contributed by atoms with Crippen molar-refractivity contribution in [3.63, 3.8) is 0 Å². The van der Waals surface area contributed by atoms with Gasteiger partial charge in [0, 0.05) is 12.6 Å². The van der Waals surface area contributed by atoms with E-state index in [9.17, 15) is 0 Å². The molecule has 1 aromatic rings. The highest BCUT2D eigenvalue weighted by molar-refractivity contribution is 6.32. The number of nitrogens with zero attached hydrogens (tertiary/aromatic N) is 2. The van der Waals surface area contributed by atoms with E-state index < -0.39 is 0 Å². The van der Waals surface area contributed by atoms with Crippen LogP contribution in [0.15, 0.2) is 40.3 Å². The van der Waals surface area contributed by atoms with E-state index in [1.165, 1.54) is 5.56 Å². The van der Waals surface area contributed by atoms with E-state index in [0.717, 1.165) is 18.3 Å². The van der Waals surface area contributed by atoms with Crippen LogP contribution in [0, 0.1) is 6.17 Å². The van der Waals surface area contributed by atoms with Crippen LogP contribution in [0.1, 0.15) is 12.5 Å². The first-order valence-corrected chi connectivity index (χ1v) is 4.34. The second-order valence-corrected chi connectivity index (χ2v) is 3.07. The van der Waals surface area contributed by atoms with Gasteiger partial charge >= 0.3 is 0 Å². The summed E-state index contributed by atoms with van der Waals surface area (Å²) in [6.07, 6.45) is 3.57. The van der Waals surface area contributed by atoms with Crippen molar-refractivity contribution in [1.82, 2.24) is 0 Å². The van der Waals surface area contributed by atoms with Crippen molar-refractivity contribution in [3.05, 3.63) is 42.1 Å². The number of rotatable bonds is 2. The Bertz CT molecular complexity index is 338. The molecule has 0 aromatic heterocycles. The van der Waals surface area contributed by atoms with Gasteiger partial charge in [0.1, 0.15) is 0 Å². The maximum absolute atomic E-state index is 4.29. The third-order valence-corrected chi connectivity index (χ3v) is 1.93. The minimum atomic E-state index is 0.853. The molecule has 0 aliphatic carbocycles. The highest BCUT2D eigenvalue weighted by Crippen LogP contribution is 2.10. The zero-order valence-electron chi connectivity index (χ0n) is 7.57.